The molecule has 0 aliphatic rings. The van der Waals surface area contributed by atoms with E-state index >= 15 is 0 Å². The van der Waals surface area contributed by atoms with Crippen LogP contribution in [0.3, 0.4) is 0 Å². The largest absolute Gasteiger partial charge is 0.382 e. The zero-order chi connectivity index (χ0) is 22.5. The molecule has 0 saturated carbocycles. The van der Waals surface area contributed by atoms with Crippen LogP contribution < -0.4 is 11.1 Å². The number of aromatic nitrogens is 2. The van der Waals surface area contributed by atoms with E-state index in [2.05, 4.69) is 5.32 Å². The van der Waals surface area contributed by atoms with E-state index in [0.717, 1.165) is 16.7 Å². The summed E-state index contributed by atoms with van der Waals surface area (Å²) in [7, 11) is 1.74. The molecule has 0 atom stereocenters. The van der Waals surface area contributed by atoms with E-state index in [1.807, 2.05) is 72.8 Å². The summed E-state index contributed by atoms with van der Waals surface area (Å²) in [5, 5.41) is 8.30. The molecule has 1 aromatic heterocycles. The van der Waals surface area contributed by atoms with Crippen molar-refractivity contribution >= 4 is 29.1 Å². The molecule has 1 heterocycles. The fourth-order valence-electron chi connectivity index (χ4n) is 3.42. The third-order valence-electron chi connectivity index (χ3n) is 5.13. The number of nitrogens with two attached hydrogens (primary N) is 1. The smallest absolute Gasteiger partial charge is 0.322 e. The Morgan fingerprint density at radius 2 is 1.56 bits per heavy atom. The third-order valence-corrected chi connectivity index (χ3v) is 5.38. The van der Waals surface area contributed by atoms with Crippen LogP contribution in [0.15, 0.2) is 84.9 Å². The van der Waals surface area contributed by atoms with Gasteiger partial charge in [0.2, 0.25) is 0 Å². The first kappa shape index (κ1) is 21.5. The number of amides is 2. The summed E-state index contributed by atoms with van der Waals surface area (Å²) in [4.78, 5) is 14.6. The predicted molar refractivity (Wildman–Crippen MR) is 130 cm³/mol. The van der Waals surface area contributed by atoms with Crippen molar-refractivity contribution in [3.05, 3.63) is 101 Å². The summed E-state index contributed by atoms with van der Waals surface area (Å²) in [5.74, 6) is 0.389. The van der Waals surface area contributed by atoms with E-state index in [-0.39, 0.29) is 6.03 Å². The molecule has 2 amide bonds. The summed E-state index contributed by atoms with van der Waals surface area (Å²) in [6, 6.07) is 26.8. The Hall–Kier alpha value is -3.77. The number of nitrogens with one attached hydrogen (secondary N) is 1. The van der Waals surface area contributed by atoms with Crippen LogP contribution in [0.5, 0.6) is 0 Å². The normalized spacial score (nSPS) is 10.7. The molecule has 3 aromatic carbocycles. The molecule has 3 N–H and O–H groups in total. The van der Waals surface area contributed by atoms with Crippen LogP contribution in [-0.4, -0.2) is 27.8 Å². The quantitative estimate of drug-likeness (QED) is 0.411. The lowest BCUT2D eigenvalue weighted by molar-refractivity contribution is 0.220. The van der Waals surface area contributed by atoms with E-state index in [0.29, 0.717) is 35.3 Å². The van der Waals surface area contributed by atoms with Gasteiger partial charge in [-0.15, -0.1) is 0 Å². The lowest BCUT2D eigenvalue weighted by Crippen LogP contribution is -2.31. The highest BCUT2D eigenvalue weighted by atomic mass is 35.5. The molecule has 0 bridgehead atoms. The molecule has 0 fully saturated rings. The van der Waals surface area contributed by atoms with E-state index in [9.17, 15) is 4.79 Å². The number of anilines is 2. The first-order valence-electron chi connectivity index (χ1n) is 10.2. The summed E-state index contributed by atoms with van der Waals surface area (Å²) in [6.07, 6.45) is 0. The molecular weight excluding hydrogens is 422 g/mol. The van der Waals surface area contributed by atoms with Crippen molar-refractivity contribution in [2.45, 2.75) is 13.1 Å². The summed E-state index contributed by atoms with van der Waals surface area (Å²) < 4.78 is 1.70. The molecule has 32 heavy (non-hydrogen) atoms. The Labute approximate surface area is 192 Å². The van der Waals surface area contributed by atoms with Crippen molar-refractivity contribution in [1.82, 2.24) is 14.7 Å². The monoisotopic (exact) mass is 445 g/mol. The van der Waals surface area contributed by atoms with E-state index in [4.69, 9.17) is 22.4 Å². The number of benzene rings is 3. The van der Waals surface area contributed by atoms with Gasteiger partial charge in [-0.1, -0.05) is 84.4 Å². The Balaban J connectivity index is 1.64. The maximum Gasteiger partial charge on any atom is 0.322 e. The summed E-state index contributed by atoms with van der Waals surface area (Å²) in [5.41, 5.74) is 10.4. The molecule has 0 aliphatic heterocycles. The standard InChI is InChI=1S/C25H24ClN5O/c1-30(16-18-8-4-2-5-9-18)25(32)28-23-22(20-12-14-21(26)15-13-20)29-31(24(23)27)17-19-10-6-3-7-11-19/h2-15H,16-17,27H2,1H3,(H,28,32). The molecule has 4 aromatic rings. The fraction of sp³-hybridized carbons (Fsp3) is 0.120. The zero-order valence-electron chi connectivity index (χ0n) is 17.7. The fourth-order valence-corrected chi connectivity index (χ4v) is 3.54. The first-order chi connectivity index (χ1) is 15.5. The number of rotatable bonds is 6. The van der Waals surface area contributed by atoms with Crippen molar-refractivity contribution < 1.29 is 4.79 Å². The van der Waals surface area contributed by atoms with Crippen LogP contribution in [0.25, 0.3) is 11.3 Å². The molecule has 4 rings (SSSR count). The minimum Gasteiger partial charge on any atom is -0.382 e. The highest BCUT2D eigenvalue weighted by Gasteiger charge is 2.21. The highest BCUT2D eigenvalue weighted by molar-refractivity contribution is 6.30. The number of nitrogens with zero attached hydrogens (tertiary/aromatic N) is 3. The van der Waals surface area contributed by atoms with E-state index in [1.165, 1.54) is 0 Å². The van der Waals surface area contributed by atoms with Crippen LogP contribution in [0.4, 0.5) is 16.3 Å². The average molecular weight is 446 g/mol. The molecule has 7 heteroatoms. The second-order valence-corrected chi connectivity index (χ2v) is 7.97. The van der Waals surface area contributed by atoms with Crippen LogP contribution in [-0.2, 0) is 13.1 Å². The average Bonchev–Trinajstić information content (AvgIpc) is 3.10. The SMILES string of the molecule is CN(Cc1ccccc1)C(=O)Nc1c(-c2ccc(Cl)cc2)nn(Cc2ccccc2)c1N. The van der Waals surface area contributed by atoms with Gasteiger partial charge in [0, 0.05) is 24.2 Å². The van der Waals surface area contributed by atoms with E-state index < -0.39 is 0 Å². The molecule has 0 spiro atoms. The molecule has 162 valence electrons. The second-order valence-electron chi connectivity index (χ2n) is 7.53. The van der Waals surface area contributed by atoms with Crippen molar-refractivity contribution in [3.8, 4) is 11.3 Å². The predicted octanol–water partition coefficient (Wildman–Crippen LogP) is 5.50. The molecule has 0 aliphatic carbocycles. The number of nitrogen functional groups attached to an aromatic ring is 1. The lowest BCUT2D eigenvalue weighted by Gasteiger charge is -2.18. The van der Waals surface area contributed by atoms with Gasteiger partial charge >= 0.3 is 6.03 Å². The third kappa shape index (κ3) is 4.92. The Bertz CT molecular complexity index is 1190. The minimum absolute atomic E-state index is 0.268. The molecular formula is C25H24ClN5O. The van der Waals surface area contributed by atoms with Gasteiger partial charge in [0.15, 0.2) is 0 Å². The van der Waals surface area contributed by atoms with Gasteiger partial charge in [0.05, 0.1) is 6.54 Å². The van der Waals surface area contributed by atoms with Gasteiger partial charge in [0.25, 0.3) is 0 Å². The van der Waals surface area contributed by atoms with Crippen LogP contribution in [0.1, 0.15) is 11.1 Å². The topological polar surface area (TPSA) is 76.2 Å². The Morgan fingerprint density at radius 1 is 0.969 bits per heavy atom. The van der Waals surface area contributed by atoms with Crippen LogP contribution >= 0.6 is 11.6 Å². The lowest BCUT2D eigenvalue weighted by atomic mass is 10.1. The number of hydrogen-bond donors (Lipinski definition) is 2. The molecule has 6 nitrogen and oxygen atoms in total. The summed E-state index contributed by atoms with van der Waals surface area (Å²) in [6.45, 7) is 0.962. The summed E-state index contributed by atoms with van der Waals surface area (Å²) >= 11 is 6.06. The van der Waals surface area contributed by atoms with Crippen LogP contribution in [0, 0.1) is 0 Å². The van der Waals surface area contributed by atoms with Gasteiger partial charge in [-0.25, -0.2) is 9.48 Å². The van der Waals surface area contributed by atoms with Gasteiger partial charge in [-0.05, 0) is 23.3 Å². The number of hydrogen-bond acceptors (Lipinski definition) is 3. The number of carbonyl (C=O) groups excluding carboxylic acids is 1. The Kier molecular flexibility index (Phi) is 6.42. The van der Waals surface area contributed by atoms with E-state index in [1.54, 1.807) is 28.8 Å². The van der Waals surface area contributed by atoms with Gasteiger partial charge in [0.1, 0.15) is 17.2 Å². The van der Waals surface area contributed by atoms with Crippen molar-refractivity contribution in [3.63, 3.8) is 0 Å². The van der Waals surface area contributed by atoms with Crippen molar-refractivity contribution in [2.75, 3.05) is 18.1 Å². The second kappa shape index (κ2) is 9.58. The zero-order valence-corrected chi connectivity index (χ0v) is 18.5. The van der Waals surface area contributed by atoms with Crippen LogP contribution in [0.2, 0.25) is 5.02 Å². The molecule has 0 saturated heterocycles. The maximum absolute atomic E-state index is 13.0. The van der Waals surface area contributed by atoms with Gasteiger partial charge in [-0.2, -0.15) is 5.10 Å². The number of carbonyl (C=O) groups is 1. The minimum atomic E-state index is -0.268. The van der Waals surface area contributed by atoms with Crippen molar-refractivity contribution in [2.24, 2.45) is 0 Å². The highest BCUT2D eigenvalue weighted by Crippen LogP contribution is 2.33. The first-order valence-corrected chi connectivity index (χ1v) is 10.6. The number of urea groups is 1. The molecule has 0 unspecified atom stereocenters. The number of halogens is 1. The van der Waals surface area contributed by atoms with Gasteiger partial charge in [-0.3, -0.25) is 0 Å². The van der Waals surface area contributed by atoms with Crippen molar-refractivity contribution in [1.29, 1.82) is 0 Å². The maximum atomic E-state index is 13.0. The van der Waals surface area contributed by atoms with Gasteiger partial charge < -0.3 is 16.0 Å². The molecule has 0 radical (unpaired) electrons. The Morgan fingerprint density at radius 3 is 2.19 bits per heavy atom.